The monoisotopic (exact) mass is 368 g/mol. The first kappa shape index (κ1) is 17.5. The van der Waals surface area contributed by atoms with E-state index in [-0.39, 0.29) is 11.6 Å². The fourth-order valence-electron chi connectivity index (χ4n) is 4.90. The van der Waals surface area contributed by atoms with Crippen molar-refractivity contribution in [2.75, 3.05) is 5.32 Å². The van der Waals surface area contributed by atoms with Crippen molar-refractivity contribution in [3.63, 3.8) is 0 Å². The van der Waals surface area contributed by atoms with E-state index in [1.54, 1.807) is 0 Å². The summed E-state index contributed by atoms with van der Waals surface area (Å²) in [5.41, 5.74) is 8.23. The predicted octanol–water partition coefficient (Wildman–Crippen LogP) is 6.77. The zero-order chi connectivity index (χ0) is 18.6. The fourth-order valence-corrected chi connectivity index (χ4v) is 5.33. The molecular formula is C22H25ClN2O. The second-order valence-corrected chi connectivity index (χ2v) is 8.87. The van der Waals surface area contributed by atoms with Gasteiger partial charge in [-0.05, 0) is 79.8 Å². The van der Waals surface area contributed by atoms with Crippen molar-refractivity contribution in [3.05, 3.63) is 56.4 Å². The summed E-state index contributed by atoms with van der Waals surface area (Å²) < 4.78 is 0. The summed E-state index contributed by atoms with van der Waals surface area (Å²) >= 11 is 6.97. The van der Waals surface area contributed by atoms with Crippen molar-refractivity contribution in [1.82, 2.24) is 0 Å². The van der Waals surface area contributed by atoms with Crippen molar-refractivity contribution in [1.29, 1.82) is 0 Å². The van der Waals surface area contributed by atoms with Crippen molar-refractivity contribution in [2.24, 2.45) is 5.18 Å². The molecule has 1 N–H and O–H groups in total. The maximum atomic E-state index is 11.1. The molecule has 2 atom stereocenters. The summed E-state index contributed by atoms with van der Waals surface area (Å²) in [4.78, 5) is 11.1. The second kappa shape index (κ2) is 6.09. The number of hydrogen-bond acceptors (Lipinski definition) is 3. The van der Waals surface area contributed by atoms with E-state index in [0.717, 1.165) is 41.0 Å². The third-order valence-corrected chi connectivity index (χ3v) is 6.33. The molecule has 0 aromatic heterocycles. The van der Waals surface area contributed by atoms with Crippen molar-refractivity contribution in [3.8, 4) is 11.1 Å². The number of halogens is 1. The molecule has 0 radical (unpaired) electrons. The molecule has 0 saturated heterocycles. The van der Waals surface area contributed by atoms with Crippen LogP contribution in [0.1, 0.15) is 67.8 Å². The highest BCUT2D eigenvalue weighted by Gasteiger charge is 2.34. The molecule has 2 aromatic carbocycles. The highest BCUT2D eigenvalue weighted by Crippen LogP contribution is 2.49. The Bertz CT molecular complexity index is 904. The number of anilines is 1. The second-order valence-electron chi connectivity index (χ2n) is 8.49. The van der Waals surface area contributed by atoms with Crippen LogP contribution < -0.4 is 5.32 Å². The van der Waals surface area contributed by atoms with Crippen LogP contribution in [0, 0.1) is 11.8 Å². The van der Waals surface area contributed by atoms with Gasteiger partial charge in [-0.2, -0.15) is 4.91 Å². The van der Waals surface area contributed by atoms with Gasteiger partial charge in [0.2, 0.25) is 0 Å². The third kappa shape index (κ3) is 2.64. The first-order valence-electron chi connectivity index (χ1n) is 9.38. The first-order valence-corrected chi connectivity index (χ1v) is 9.76. The molecule has 3 nitrogen and oxygen atoms in total. The Labute approximate surface area is 160 Å². The van der Waals surface area contributed by atoms with Gasteiger partial charge in [-0.3, -0.25) is 0 Å². The van der Waals surface area contributed by atoms with Crippen molar-refractivity contribution >= 4 is 17.3 Å². The molecule has 0 amide bonds. The zero-order valence-corrected chi connectivity index (χ0v) is 16.6. The van der Waals surface area contributed by atoms with Gasteiger partial charge in [0.15, 0.2) is 0 Å². The maximum absolute atomic E-state index is 11.1. The number of benzene rings is 2. The smallest absolute Gasteiger partial charge is 0.117 e. The molecular weight excluding hydrogens is 344 g/mol. The van der Waals surface area contributed by atoms with Crippen LogP contribution in [0.3, 0.4) is 0 Å². The number of aryl methyl sites for hydroxylation is 1. The van der Waals surface area contributed by atoms with Gasteiger partial charge in [0.25, 0.3) is 0 Å². The van der Waals surface area contributed by atoms with Crippen molar-refractivity contribution < 1.29 is 0 Å². The van der Waals surface area contributed by atoms with Gasteiger partial charge in [-0.25, -0.2) is 0 Å². The number of rotatable bonds is 2. The van der Waals surface area contributed by atoms with Crippen LogP contribution in [-0.4, -0.2) is 5.54 Å². The van der Waals surface area contributed by atoms with E-state index in [0.29, 0.717) is 5.92 Å². The average Bonchev–Trinajstić information content (AvgIpc) is 3.00. The minimum Gasteiger partial charge on any atom is -0.380 e. The van der Waals surface area contributed by atoms with Gasteiger partial charge in [0, 0.05) is 16.8 Å². The highest BCUT2D eigenvalue weighted by atomic mass is 35.5. The van der Waals surface area contributed by atoms with E-state index < -0.39 is 0 Å². The lowest BCUT2D eigenvalue weighted by atomic mass is 9.79. The molecule has 1 heterocycles. The van der Waals surface area contributed by atoms with Gasteiger partial charge in [-0.15, -0.1) is 0 Å². The van der Waals surface area contributed by atoms with Crippen molar-refractivity contribution in [2.45, 2.75) is 64.5 Å². The van der Waals surface area contributed by atoms with Crippen LogP contribution in [0.25, 0.3) is 11.1 Å². The van der Waals surface area contributed by atoms with Gasteiger partial charge in [-0.1, -0.05) is 41.9 Å². The van der Waals surface area contributed by atoms with E-state index in [1.807, 2.05) is 12.1 Å². The summed E-state index contributed by atoms with van der Waals surface area (Å²) in [6, 6.07) is 8.16. The maximum Gasteiger partial charge on any atom is 0.117 e. The molecule has 0 fully saturated rings. The van der Waals surface area contributed by atoms with Crippen LogP contribution in [0.4, 0.5) is 5.69 Å². The lowest BCUT2D eigenvalue weighted by molar-refractivity contribution is 0.454. The molecule has 26 heavy (non-hydrogen) atoms. The van der Waals surface area contributed by atoms with Crippen LogP contribution in [0.2, 0.25) is 5.02 Å². The molecule has 1 aliphatic carbocycles. The van der Waals surface area contributed by atoms with Gasteiger partial charge < -0.3 is 5.32 Å². The SMILES string of the molecule is Cc1cc(-c2cccc3c2CCC3N=O)c(Cl)c2c1NC(C)(C)CC2C. The molecule has 136 valence electrons. The zero-order valence-electron chi connectivity index (χ0n) is 15.8. The molecule has 1 aliphatic heterocycles. The predicted molar refractivity (Wildman–Crippen MR) is 109 cm³/mol. The number of nitrogens with one attached hydrogen (secondary N) is 1. The largest absolute Gasteiger partial charge is 0.380 e. The topological polar surface area (TPSA) is 41.5 Å². The Kier molecular flexibility index (Phi) is 4.11. The van der Waals surface area contributed by atoms with E-state index in [2.05, 4.69) is 50.3 Å². The summed E-state index contributed by atoms with van der Waals surface area (Å²) in [7, 11) is 0. The molecule has 0 spiro atoms. The Morgan fingerprint density at radius 2 is 2.04 bits per heavy atom. The van der Waals surface area contributed by atoms with E-state index in [4.69, 9.17) is 11.6 Å². The Balaban J connectivity index is 1.91. The minimum atomic E-state index is -0.219. The van der Waals surface area contributed by atoms with E-state index in [9.17, 15) is 4.91 Å². The van der Waals surface area contributed by atoms with Crippen LogP contribution in [0.5, 0.6) is 0 Å². The number of hydrogen-bond donors (Lipinski definition) is 1. The molecule has 4 rings (SSSR count). The van der Waals surface area contributed by atoms with Crippen LogP contribution >= 0.6 is 11.6 Å². The highest BCUT2D eigenvalue weighted by molar-refractivity contribution is 6.34. The Morgan fingerprint density at radius 3 is 2.77 bits per heavy atom. The quantitative estimate of drug-likeness (QED) is 0.594. The standard InChI is InChI=1S/C22H25ClN2O/c1-12-10-17(14-6-5-7-16-15(14)8-9-18(16)25-26)20(23)19-13(2)11-22(3,4)24-21(12)19/h5-7,10,13,18,24H,8-9,11H2,1-4H3. The number of fused-ring (bicyclic) bond motifs is 2. The lowest BCUT2D eigenvalue weighted by Gasteiger charge is -2.39. The molecule has 2 aromatic rings. The molecule has 2 aliphatic rings. The number of nitroso groups, excluding NO2 is 1. The molecule has 4 heteroatoms. The summed E-state index contributed by atoms with van der Waals surface area (Å²) in [6.07, 6.45) is 2.73. The van der Waals surface area contributed by atoms with E-state index in [1.165, 1.54) is 22.4 Å². The summed E-state index contributed by atoms with van der Waals surface area (Å²) in [5, 5.41) is 7.84. The van der Waals surface area contributed by atoms with E-state index >= 15 is 0 Å². The Morgan fingerprint density at radius 1 is 1.27 bits per heavy atom. The minimum absolute atomic E-state index is 0.0683. The normalized spacial score (nSPS) is 23.1. The van der Waals surface area contributed by atoms with Crippen LogP contribution in [0.15, 0.2) is 29.4 Å². The first-order chi connectivity index (χ1) is 12.3. The summed E-state index contributed by atoms with van der Waals surface area (Å²) in [5.74, 6) is 0.397. The lowest BCUT2D eigenvalue weighted by Crippen LogP contribution is -2.37. The fraction of sp³-hybridized carbons (Fsp3) is 0.455. The molecule has 0 bridgehead atoms. The summed E-state index contributed by atoms with van der Waals surface area (Å²) in [6.45, 7) is 8.89. The van der Waals surface area contributed by atoms with Gasteiger partial charge in [0.05, 0.1) is 5.02 Å². The Hall–Kier alpha value is -1.87. The average molecular weight is 369 g/mol. The van der Waals surface area contributed by atoms with Gasteiger partial charge >= 0.3 is 0 Å². The van der Waals surface area contributed by atoms with Gasteiger partial charge in [0.1, 0.15) is 6.04 Å². The molecule has 0 saturated carbocycles. The molecule has 2 unspecified atom stereocenters. The van der Waals surface area contributed by atoms with Crippen LogP contribution in [-0.2, 0) is 6.42 Å². The third-order valence-electron chi connectivity index (χ3n) is 5.93. The number of nitrogens with zero attached hydrogens (tertiary/aromatic N) is 1.